The zero-order chi connectivity index (χ0) is 29.1. The lowest BCUT2D eigenvalue weighted by molar-refractivity contribution is 0.0946. The van der Waals surface area contributed by atoms with Gasteiger partial charge < -0.3 is 26.4 Å². The molecule has 0 radical (unpaired) electrons. The number of aromatic nitrogens is 5. The topological polar surface area (TPSA) is 176 Å². The van der Waals surface area contributed by atoms with Gasteiger partial charge in [-0.2, -0.15) is 14.9 Å². The number of nitrogens with zero attached hydrogens (tertiary/aromatic N) is 6. The van der Waals surface area contributed by atoms with Gasteiger partial charge in [0.25, 0.3) is 11.8 Å². The number of piperidine rings is 1. The van der Waals surface area contributed by atoms with E-state index in [4.69, 9.17) is 16.2 Å². The van der Waals surface area contributed by atoms with Gasteiger partial charge in [-0.3, -0.25) is 9.59 Å². The molecule has 1 aliphatic rings. The number of primary amides is 1. The van der Waals surface area contributed by atoms with Crippen LogP contribution in [0.2, 0.25) is 0 Å². The van der Waals surface area contributed by atoms with E-state index in [9.17, 15) is 18.8 Å². The van der Waals surface area contributed by atoms with Crippen molar-refractivity contribution in [2.75, 3.05) is 25.9 Å². The van der Waals surface area contributed by atoms with Gasteiger partial charge in [0, 0.05) is 25.2 Å². The lowest BCUT2D eigenvalue weighted by Gasteiger charge is -2.32. The highest BCUT2D eigenvalue weighted by molar-refractivity contribution is 6.03. The van der Waals surface area contributed by atoms with Crippen LogP contribution in [0.25, 0.3) is 11.3 Å². The smallest absolute Gasteiger partial charge is 0.346 e. The number of benzene rings is 2. The van der Waals surface area contributed by atoms with Gasteiger partial charge in [-0.15, -0.1) is 0 Å². The normalized spacial score (nSPS) is 15.0. The van der Waals surface area contributed by atoms with E-state index in [1.807, 2.05) is 0 Å². The molecular weight excluding hydrogens is 533 g/mol. The Hall–Kier alpha value is -5.27. The number of methoxy groups -OCH3 is 1. The number of carbonyl (C=O) groups is 3. The first-order chi connectivity index (χ1) is 19.8. The fourth-order valence-corrected chi connectivity index (χ4v) is 4.87. The number of hydrogen-bond acceptors (Lipinski definition) is 8. The van der Waals surface area contributed by atoms with E-state index in [0.29, 0.717) is 37.2 Å². The molecule has 4 aromatic rings. The second-order valence-corrected chi connectivity index (χ2v) is 9.51. The predicted molar refractivity (Wildman–Crippen MR) is 145 cm³/mol. The number of ether oxygens (including phenoxy) is 1. The third-order valence-electron chi connectivity index (χ3n) is 6.91. The average molecular weight is 562 g/mol. The zero-order valence-electron chi connectivity index (χ0n) is 22.2. The van der Waals surface area contributed by atoms with E-state index in [2.05, 4.69) is 20.5 Å². The van der Waals surface area contributed by atoms with E-state index < -0.39 is 17.6 Å². The quantitative estimate of drug-likeness (QED) is 0.308. The Balaban J connectivity index is 1.33. The fraction of sp³-hybridized carbons (Fsp3) is 0.259. The summed E-state index contributed by atoms with van der Waals surface area (Å²) in [4.78, 5) is 43.3. The number of anilines is 1. The van der Waals surface area contributed by atoms with Gasteiger partial charge in [0.15, 0.2) is 0 Å². The first kappa shape index (κ1) is 27.3. The highest BCUT2D eigenvalue weighted by Gasteiger charge is 2.31. The predicted octanol–water partition coefficient (Wildman–Crippen LogP) is 2.21. The summed E-state index contributed by atoms with van der Waals surface area (Å²) in [5, 5.41) is 11.3. The van der Waals surface area contributed by atoms with Gasteiger partial charge in [0.05, 0.1) is 18.7 Å². The fourth-order valence-electron chi connectivity index (χ4n) is 4.87. The van der Waals surface area contributed by atoms with Crippen LogP contribution in [0.3, 0.4) is 0 Å². The minimum Gasteiger partial charge on any atom is -0.496 e. The Kier molecular flexibility index (Phi) is 7.63. The first-order valence-corrected chi connectivity index (χ1v) is 12.8. The number of hydrogen-bond donors (Lipinski definition) is 3. The molecule has 1 unspecified atom stereocenters. The van der Waals surface area contributed by atoms with Crippen molar-refractivity contribution in [3.8, 4) is 17.0 Å². The average Bonchev–Trinajstić information content (AvgIpc) is 3.64. The molecule has 1 atom stereocenters. The van der Waals surface area contributed by atoms with Crippen LogP contribution in [0.15, 0.2) is 55.1 Å². The number of nitrogens with two attached hydrogens (primary N) is 2. The number of likely N-dealkylation sites (tertiary alicyclic amines) is 1. The van der Waals surface area contributed by atoms with Crippen LogP contribution >= 0.6 is 0 Å². The molecule has 13 nitrogen and oxygen atoms in total. The van der Waals surface area contributed by atoms with Crippen molar-refractivity contribution in [2.24, 2.45) is 5.73 Å². The molecule has 14 heteroatoms. The minimum atomic E-state index is -0.726. The highest BCUT2D eigenvalue weighted by atomic mass is 19.1. The highest BCUT2D eigenvalue weighted by Crippen LogP contribution is 2.32. The Bertz CT molecular complexity index is 1590. The number of halogens is 1. The van der Waals surface area contributed by atoms with Crippen molar-refractivity contribution in [1.29, 1.82) is 0 Å². The summed E-state index contributed by atoms with van der Waals surface area (Å²) in [7, 11) is 1.40. The lowest BCUT2D eigenvalue weighted by Crippen LogP contribution is -2.43. The van der Waals surface area contributed by atoms with Crippen LogP contribution in [0.5, 0.6) is 5.75 Å². The van der Waals surface area contributed by atoms with Crippen LogP contribution in [0, 0.1) is 5.82 Å². The maximum atomic E-state index is 13.7. The molecule has 41 heavy (non-hydrogen) atoms. The SMILES string of the molecule is COc1ccc(F)cc1C(=O)NCc1ccc(-c2nn(C3CCCN(C(=O)n4cncn4)C3)c(N)c2C(N)=O)cc1. The number of amides is 3. The standard InChI is InChI=1S/C27H28FN9O4/c1-41-21-9-8-18(28)11-20(21)26(39)32-12-16-4-6-17(7-5-16)23-22(25(30)38)24(29)37(34-23)19-3-2-10-35(13-19)27(40)36-15-31-14-33-36/h4-9,11,14-15,19H,2-3,10,12-13,29H2,1H3,(H2,30,38)(H,32,39). The molecule has 1 aliphatic heterocycles. The molecule has 0 aliphatic carbocycles. The van der Waals surface area contributed by atoms with Crippen LogP contribution in [0.1, 0.15) is 45.2 Å². The lowest BCUT2D eigenvalue weighted by atomic mass is 10.0. The molecule has 0 saturated carbocycles. The van der Waals surface area contributed by atoms with E-state index >= 15 is 0 Å². The molecule has 2 aromatic heterocycles. The molecule has 0 bridgehead atoms. The Morgan fingerprint density at radius 1 is 1.17 bits per heavy atom. The third kappa shape index (κ3) is 5.57. The molecule has 5 rings (SSSR count). The largest absolute Gasteiger partial charge is 0.496 e. The maximum Gasteiger partial charge on any atom is 0.346 e. The van der Waals surface area contributed by atoms with Gasteiger partial charge in [-0.25, -0.2) is 18.9 Å². The van der Waals surface area contributed by atoms with Crippen molar-refractivity contribution < 1.29 is 23.5 Å². The molecule has 212 valence electrons. The number of carbonyl (C=O) groups excluding carboxylic acids is 3. The summed E-state index contributed by atoms with van der Waals surface area (Å²) in [6.07, 6.45) is 4.02. The minimum absolute atomic E-state index is 0.0838. The van der Waals surface area contributed by atoms with E-state index in [1.54, 1.807) is 33.8 Å². The Morgan fingerprint density at radius 2 is 1.95 bits per heavy atom. The van der Waals surface area contributed by atoms with Gasteiger partial charge >= 0.3 is 6.03 Å². The second kappa shape index (κ2) is 11.5. The van der Waals surface area contributed by atoms with Crippen LogP contribution in [-0.2, 0) is 6.54 Å². The number of rotatable bonds is 7. The van der Waals surface area contributed by atoms with Crippen LogP contribution in [-0.4, -0.2) is 67.5 Å². The van der Waals surface area contributed by atoms with E-state index in [1.165, 1.54) is 31.9 Å². The van der Waals surface area contributed by atoms with Crippen molar-refractivity contribution in [3.05, 3.63) is 77.6 Å². The van der Waals surface area contributed by atoms with Crippen molar-refractivity contribution in [3.63, 3.8) is 0 Å². The summed E-state index contributed by atoms with van der Waals surface area (Å²) in [5.74, 6) is -1.39. The van der Waals surface area contributed by atoms with Gasteiger partial charge in [0.2, 0.25) is 0 Å². The molecule has 1 saturated heterocycles. The molecule has 0 spiro atoms. The molecule has 5 N–H and O–H groups in total. The van der Waals surface area contributed by atoms with Gasteiger partial charge in [-0.05, 0) is 36.6 Å². The summed E-state index contributed by atoms with van der Waals surface area (Å²) in [5.41, 5.74) is 13.9. The van der Waals surface area contributed by atoms with E-state index in [0.717, 1.165) is 16.3 Å². The molecule has 3 heterocycles. The van der Waals surface area contributed by atoms with Crippen molar-refractivity contribution in [2.45, 2.75) is 25.4 Å². The maximum absolute atomic E-state index is 13.7. The first-order valence-electron chi connectivity index (χ1n) is 12.8. The van der Waals surface area contributed by atoms with E-state index in [-0.39, 0.29) is 41.3 Å². The summed E-state index contributed by atoms with van der Waals surface area (Å²) >= 11 is 0. The summed E-state index contributed by atoms with van der Waals surface area (Å²) < 4.78 is 21.5. The second-order valence-electron chi connectivity index (χ2n) is 9.51. The Morgan fingerprint density at radius 3 is 2.63 bits per heavy atom. The zero-order valence-corrected chi connectivity index (χ0v) is 22.2. The number of nitrogen functional groups attached to an aromatic ring is 1. The van der Waals surface area contributed by atoms with Crippen LogP contribution < -0.4 is 21.5 Å². The van der Waals surface area contributed by atoms with Crippen molar-refractivity contribution >= 4 is 23.7 Å². The van der Waals surface area contributed by atoms with Crippen molar-refractivity contribution in [1.82, 2.24) is 34.8 Å². The van der Waals surface area contributed by atoms with Crippen LogP contribution in [0.4, 0.5) is 15.0 Å². The summed E-state index contributed by atoms with van der Waals surface area (Å²) in [6, 6.07) is 10.1. The monoisotopic (exact) mass is 561 g/mol. The molecular formula is C27H28FN9O4. The third-order valence-corrected chi connectivity index (χ3v) is 6.91. The Labute approximate surface area is 233 Å². The van der Waals surface area contributed by atoms with Gasteiger partial charge in [0.1, 0.15) is 41.3 Å². The summed E-state index contributed by atoms with van der Waals surface area (Å²) in [6.45, 7) is 1.02. The number of nitrogens with one attached hydrogen (secondary N) is 1. The molecule has 2 aromatic carbocycles. The molecule has 1 fully saturated rings. The molecule has 3 amide bonds. The van der Waals surface area contributed by atoms with Gasteiger partial charge in [-0.1, -0.05) is 24.3 Å².